The maximum Gasteiger partial charge on any atom is 0.230 e. The number of aromatic nitrogens is 4. The topological polar surface area (TPSA) is 70.8 Å². The van der Waals surface area contributed by atoms with Crippen molar-refractivity contribution in [2.24, 2.45) is 0 Å². The first-order valence-corrected chi connectivity index (χ1v) is 11.6. The zero-order valence-electron chi connectivity index (χ0n) is 19.9. The fourth-order valence-corrected chi connectivity index (χ4v) is 4.14. The van der Waals surface area contributed by atoms with Gasteiger partial charge in [-0.2, -0.15) is 19.6 Å². The van der Waals surface area contributed by atoms with Gasteiger partial charge in [0.25, 0.3) is 0 Å². The molecule has 0 aliphatic carbocycles. The van der Waals surface area contributed by atoms with Crippen LogP contribution in [-0.4, -0.2) is 64.8 Å². The van der Waals surface area contributed by atoms with Crippen molar-refractivity contribution >= 4 is 17.5 Å². The Labute approximate surface area is 190 Å². The summed E-state index contributed by atoms with van der Waals surface area (Å²) in [7, 11) is 3.76. The Morgan fingerprint density at radius 2 is 1.94 bits per heavy atom. The molecule has 0 spiro atoms. The quantitative estimate of drug-likeness (QED) is 0.543. The van der Waals surface area contributed by atoms with Crippen LogP contribution in [0, 0.1) is 0 Å². The zero-order chi connectivity index (χ0) is 22.7. The van der Waals surface area contributed by atoms with Crippen LogP contribution in [0.15, 0.2) is 30.5 Å². The van der Waals surface area contributed by atoms with E-state index < -0.39 is 0 Å². The van der Waals surface area contributed by atoms with E-state index in [-0.39, 0.29) is 6.04 Å². The van der Waals surface area contributed by atoms with Crippen LogP contribution in [0.3, 0.4) is 0 Å². The first-order valence-electron chi connectivity index (χ1n) is 11.6. The number of nitrogens with one attached hydrogen (secondary N) is 1. The molecule has 32 heavy (non-hydrogen) atoms. The Bertz CT molecular complexity index is 1040. The molecule has 2 aromatic heterocycles. The van der Waals surface area contributed by atoms with Crippen LogP contribution in [0.5, 0.6) is 5.75 Å². The van der Waals surface area contributed by atoms with Gasteiger partial charge < -0.3 is 19.9 Å². The monoisotopic (exact) mass is 437 g/mol. The summed E-state index contributed by atoms with van der Waals surface area (Å²) in [5.41, 5.74) is 3.10. The van der Waals surface area contributed by atoms with E-state index in [1.807, 2.05) is 28.9 Å². The summed E-state index contributed by atoms with van der Waals surface area (Å²) in [5, 5.41) is 8.16. The number of nitrogens with zero attached hydrogens (tertiary/aromatic N) is 6. The Balaban J connectivity index is 1.63. The van der Waals surface area contributed by atoms with Gasteiger partial charge in [-0.05, 0) is 56.5 Å². The van der Waals surface area contributed by atoms with Gasteiger partial charge in [0.2, 0.25) is 11.9 Å². The van der Waals surface area contributed by atoms with Crippen LogP contribution in [0.4, 0.5) is 11.9 Å². The molecular weight excluding hydrogens is 402 g/mol. The zero-order valence-corrected chi connectivity index (χ0v) is 19.9. The number of hydrogen-bond donors (Lipinski definition) is 1. The number of likely N-dealkylation sites (N-methyl/N-ethyl adjacent to an activating group) is 1. The first kappa shape index (κ1) is 22.3. The van der Waals surface area contributed by atoms with Crippen molar-refractivity contribution in [3.63, 3.8) is 0 Å². The maximum atomic E-state index is 5.39. The van der Waals surface area contributed by atoms with Gasteiger partial charge in [-0.25, -0.2) is 0 Å². The average molecular weight is 438 g/mol. The highest BCUT2D eigenvalue weighted by atomic mass is 16.5. The Morgan fingerprint density at radius 3 is 2.66 bits per heavy atom. The molecule has 8 nitrogen and oxygen atoms in total. The largest absolute Gasteiger partial charge is 0.497 e. The molecule has 0 saturated carbocycles. The second-order valence-corrected chi connectivity index (χ2v) is 8.95. The van der Waals surface area contributed by atoms with Crippen molar-refractivity contribution in [2.45, 2.75) is 45.6 Å². The van der Waals surface area contributed by atoms with E-state index in [0.717, 1.165) is 41.6 Å². The number of ether oxygens (including phenoxy) is 1. The molecule has 1 N–H and O–H groups in total. The molecule has 1 aliphatic heterocycles. The molecule has 1 atom stereocenters. The van der Waals surface area contributed by atoms with Crippen molar-refractivity contribution in [3.8, 4) is 5.75 Å². The summed E-state index contributed by atoms with van der Waals surface area (Å²) in [5.74, 6) is 2.58. The van der Waals surface area contributed by atoms with Gasteiger partial charge in [-0.1, -0.05) is 26.0 Å². The van der Waals surface area contributed by atoms with Crippen molar-refractivity contribution in [3.05, 3.63) is 41.6 Å². The third kappa shape index (κ3) is 4.80. The van der Waals surface area contributed by atoms with Gasteiger partial charge in [0.05, 0.1) is 19.3 Å². The minimum atomic E-state index is 0.0256. The SMILES string of the molecule is COc1cccc([C@H](C)Nc2nc(N(C)CCN3CCCC3)nc3c(C(C)C)cnn23)c1. The molecule has 1 aliphatic rings. The lowest BCUT2D eigenvalue weighted by atomic mass is 10.1. The second-order valence-electron chi connectivity index (χ2n) is 8.95. The van der Waals surface area contributed by atoms with E-state index >= 15 is 0 Å². The number of likely N-dealkylation sites (tertiary alicyclic amines) is 1. The van der Waals surface area contributed by atoms with Gasteiger partial charge >= 0.3 is 0 Å². The van der Waals surface area contributed by atoms with Crippen LogP contribution >= 0.6 is 0 Å². The molecule has 8 heteroatoms. The number of methoxy groups -OCH3 is 1. The van der Waals surface area contributed by atoms with E-state index in [1.54, 1.807) is 7.11 Å². The van der Waals surface area contributed by atoms with E-state index in [9.17, 15) is 0 Å². The Kier molecular flexibility index (Phi) is 6.79. The summed E-state index contributed by atoms with van der Waals surface area (Å²) < 4.78 is 7.22. The van der Waals surface area contributed by atoms with E-state index in [0.29, 0.717) is 11.9 Å². The first-order chi connectivity index (χ1) is 15.5. The third-order valence-electron chi connectivity index (χ3n) is 6.24. The Hall–Kier alpha value is -2.87. The number of fused-ring (bicyclic) bond motifs is 1. The van der Waals surface area contributed by atoms with Gasteiger partial charge in [-0.15, -0.1) is 0 Å². The number of anilines is 2. The van der Waals surface area contributed by atoms with Crippen LogP contribution in [0.25, 0.3) is 5.65 Å². The molecule has 0 bridgehead atoms. The average Bonchev–Trinajstić information content (AvgIpc) is 3.47. The van der Waals surface area contributed by atoms with E-state index in [1.165, 1.54) is 25.9 Å². The Morgan fingerprint density at radius 1 is 1.16 bits per heavy atom. The number of benzene rings is 1. The van der Waals surface area contributed by atoms with Crippen molar-refractivity contribution in [2.75, 3.05) is 50.6 Å². The molecule has 1 saturated heterocycles. The molecule has 4 rings (SSSR count). The van der Waals surface area contributed by atoms with Crippen molar-refractivity contribution in [1.29, 1.82) is 0 Å². The molecule has 1 aromatic carbocycles. The molecule has 0 amide bonds. The second kappa shape index (κ2) is 9.73. The summed E-state index contributed by atoms with van der Waals surface area (Å²) in [6.07, 6.45) is 4.51. The molecule has 3 aromatic rings. The lowest BCUT2D eigenvalue weighted by Crippen LogP contribution is -2.32. The smallest absolute Gasteiger partial charge is 0.230 e. The predicted octanol–water partition coefficient (Wildman–Crippen LogP) is 3.96. The molecule has 1 fully saturated rings. The molecule has 0 unspecified atom stereocenters. The normalized spacial score (nSPS) is 15.4. The van der Waals surface area contributed by atoms with Crippen molar-refractivity contribution < 1.29 is 4.74 Å². The highest BCUT2D eigenvalue weighted by Crippen LogP contribution is 2.26. The minimum absolute atomic E-state index is 0.0256. The number of hydrogen-bond acceptors (Lipinski definition) is 7. The summed E-state index contributed by atoms with van der Waals surface area (Å²) in [6, 6.07) is 8.11. The molecule has 0 radical (unpaired) electrons. The molecular formula is C24H35N7O. The summed E-state index contributed by atoms with van der Waals surface area (Å²) in [6.45, 7) is 10.8. The van der Waals surface area contributed by atoms with E-state index in [4.69, 9.17) is 14.7 Å². The third-order valence-corrected chi connectivity index (χ3v) is 6.24. The lowest BCUT2D eigenvalue weighted by Gasteiger charge is -2.23. The highest BCUT2D eigenvalue weighted by Gasteiger charge is 2.19. The van der Waals surface area contributed by atoms with Gasteiger partial charge in [0.15, 0.2) is 5.65 Å². The number of rotatable bonds is 9. The standard InChI is InChI=1S/C24H35N7O/c1-17(2)21-16-25-31-22(21)27-23(29(4)13-14-30-11-6-7-12-30)28-24(31)26-18(3)19-9-8-10-20(15-19)32-5/h8-10,15-18H,6-7,11-14H2,1-5H3,(H,26,27,28)/t18-/m0/s1. The summed E-state index contributed by atoms with van der Waals surface area (Å²) in [4.78, 5) is 14.4. The lowest BCUT2D eigenvalue weighted by molar-refractivity contribution is 0.346. The van der Waals surface area contributed by atoms with Gasteiger partial charge in [0, 0.05) is 25.7 Å². The van der Waals surface area contributed by atoms with Gasteiger partial charge in [0.1, 0.15) is 5.75 Å². The fourth-order valence-electron chi connectivity index (χ4n) is 4.14. The van der Waals surface area contributed by atoms with Gasteiger partial charge in [-0.3, -0.25) is 0 Å². The van der Waals surface area contributed by atoms with Crippen LogP contribution in [-0.2, 0) is 0 Å². The van der Waals surface area contributed by atoms with Crippen LogP contribution < -0.4 is 15.0 Å². The van der Waals surface area contributed by atoms with Crippen LogP contribution in [0.1, 0.15) is 56.7 Å². The molecule has 3 heterocycles. The molecule has 172 valence electrons. The summed E-state index contributed by atoms with van der Waals surface area (Å²) >= 11 is 0. The minimum Gasteiger partial charge on any atom is -0.497 e. The maximum absolute atomic E-state index is 5.39. The fraction of sp³-hybridized carbons (Fsp3) is 0.542. The predicted molar refractivity (Wildman–Crippen MR) is 129 cm³/mol. The van der Waals surface area contributed by atoms with Crippen LogP contribution in [0.2, 0.25) is 0 Å². The highest BCUT2D eigenvalue weighted by molar-refractivity contribution is 5.56. The van der Waals surface area contributed by atoms with Crippen molar-refractivity contribution in [1.82, 2.24) is 24.5 Å². The van der Waals surface area contributed by atoms with E-state index in [2.05, 4.69) is 54.1 Å².